The third kappa shape index (κ3) is 4.60. The van der Waals surface area contributed by atoms with Gasteiger partial charge in [0.15, 0.2) is 16.8 Å². The first-order valence-electron chi connectivity index (χ1n) is 9.54. The van der Waals surface area contributed by atoms with Gasteiger partial charge in [-0.2, -0.15) is 0 Å². The highest BCUT2D eigenvalue weighted by Gasteiger charge is 2.17. The molecule has 0 saturated heterocycles. The van der Waals surface area contributed by atoms with Crippen LogP contribution in [-0.2, 0) is 4.79 Å². The Kier molecular flexibility index (Phi) is 5.94. The second kappa shape index (κ2) is 8.96. The van der Waals surface area contributed by atoms with Crippen LogP contribution in [0.3, 0.4) is 0 Å². The van der Waals surface area contributed by atoms with Crippen molar-refractivity contribution < 1.29 is 9.32 Å². The van der Waals surface area contributed by atoms with Crippen molar-refractivity contribution in [2.75, 3.05) is 11.1 Å². The molecular weight excluding hydrogens is 398 g/mol. The van der Waals surface area contributed by atoms with Gasteiger partial charge in [-0.05, 0) is 32.0 Å². The number of thioether (sulfide) groups is 1. The summed E-state index contributed by atoms with van der Waals surface area (Å²) >= 11 is 1.49. The topological polar surface area (TPSA) is 85.8 Å². The Labute approximate surface area is 178 Å². The summed E-state index contributed by atoms with van der Waals surface area (Å²) in [5.74, 6) is 2.29. The van der Waals surface area contributed by atoms with Crippen LogP contribution in [-0.4, -0.2) is 31.6 Å². The van der Waals surface area contributed by atoms with Gasteiger partial charge in [0.05, 0.1) is 0 Å². The van der Waals surface area contributed by atoms with Gasteiger partial charge >= 0.3 is 0 Å². The van der Waals surface area contributed by atoms with Crippen LogP contribution in [0.25, 0.3) is 17.1 Å². The number of benzene rings is 2. The Hall–Kier alpha value is -3.39. The quantitative estimate of drug-likeness (QED) is 0.439. The second-order valence-electron chi connectivity index (χ2n) is 6.82. The Morgan fingerprint density at radius 2 is 1.90 bits per heavy atom. The van der Waals surface area contributed by atoms with Gasteiger partial charge in [-0.15, -0.1) is 10.2 Å². The van der Waals surface area contributed by atoms with E-state index in [9.17, 15) is 4.79 Å². The maximum atomic E-state index is 12.2. The SMILES string of the molecule is Cc1cccc(-c2nnc(SCCC(=O)Nc3cc(C)on3)n2-c2ccccc2)c1. The third-order valence-corrected chi connectivity index (χ3v) is 5.31. The van der Waals surface area contributed by atoms with Gasteiger partial charge in [-0.3, -0.25) is 9.36 Å². The minimum Gasteiger partial charge on any atom is -0.360 e. The largest absolute Gasteiger partial charge is 0.360 e. The van der Waals surface area contributed by atoms with Crippen molar-refractivity contribution >= 4 is 23.5 Å². The number of amides is 1. The number of hydrogen-bond donors (Lipinski definition) is 1. The second-order valence-corrected chi connectivity index (χ2v) is 7.88. The average molecular weight is 420 g/mol. The molecule has 2 heterocycles. The van der Waals surface area contributed by atoms with Crippen molar-refractivity contribution in [1.82, 2.24) is 19.9 Å². The van der Waals surface area contributed by atoms with Gasteiger partial charge in [0.2, 0.25) is 5.91 Å². The zero-order valence-electron chi connectivity index (χ0n) is 16.7. The lowest BCUT2D eigenvalue weighted by Gasteiger charge is -2.10. The van der Waals surface area contributed by atoms with Crippen molar-refractivity contribution in [3.05, 3.63) is 72.0 Å². The number of nitrogens with zero attached hydrogens (tertiary/aromatic N) is 4. The number of para-hydroxylation sites is 1. The van der Waals surface area contributed by atoms with E-state index in [-0.39, 0.29) is 5.91 Å². The molecule has 0 aliphatic rings. The number of anilines is 1. The fraction of sp³-hybridized carbons (Fsp3) is 0.182. The zero-order chi connectivity index (χ0) is 20.9. The molecule has 152 valence electrons. The van der Waals surface area contributed by atoms with E-state index in [0.29, 0.717) is 23.8 Å². The van der Waals surface area contributed by atoms with Gasteiger partial charge < -0.3 is 9.84 Å². The predicted octanol–water partition coefficient (Wildman–Crippen LogP) is 4.66. The van der Waals surface area contributed by atoms with Crippen molar-refractivity contribution in [2.45, 2.75) is 25.4 Å². The Morgan fingerprint density at radius 1 is 1.07 bits per heavy atom. The highest BCUT2D eigenvalue weighted by atomic mass is 32.2. The maximum Gasteiger partial charge on any atom is 0.226 e. The Morgan fingerprint density at radius 3 is 2.63 bits per heavy atom. The highest BCUT2D eigenvalue weighted by molar-refractivity contribution is 7.99. The fourth-order valence-corrected chi connectivity index (χ4v) is 3.90. The monoisotopic (exact) mass is 419 g/mol. The zero-order valence-corrected chi connectivity index (χ0v) is 17.5. The third-order valence-electron chi connectivity index (χ3n) is 4.38. The Balaban J connectivity index is 1.52. The summed E-state index contributed by atoms with van der Waals surface area (Å²) in [6.45, 7) is 3.83. The van der Waals surface area contributed by atoms with E-state index in [0.717, 1.165) is 27.8 Å². The molecule has 8 heteroatoms. The molecular formula is C22H21N5O2S. The number of rotatable bonds is 7. The van der Waals surface area contributed by atoms with Crippen LogP contribution >= 0.6 is 11.8 Å². The van der Waals surface area contributed by atoms with Crippen LogP contribution in [0, 0.1) is 13.8 Å². The number of hydrogen-bond acceptors (Lipinski definition) is 6. The van der Waals surface area contributed by atoms with Gasteiger partial charge in [-0.1, -0.05) is 58.9 Å². The summed E-state index contributed by atoms with van der Waals surface area (Å²) in [4.78, 5) is 12.2. The first-order chi connectivity index (χ1) is 14.6. The van der Waals surface area contributed by atoms with E-state index in [4.69, 9.17) is 4.52 Å². The number of aromatic nitrogens is 4. The minimum absolute atomic E-state index is 0.125. The first kappa shape index (κ1) is 19.9. The van der Waals surface area contributed by atoms with E-state index < -0.39 is 0 Å². The molecule has 0 spiro atoms. The Bertz CT molecular complexity index is 1150. The minimum atomic E-state index is -0.125. The molecule has 0 aliphatic carbocycles. The van der Waals surface area contributed by atoms with E-state index in [1.807, 2.05) is 47.0 Å². The molecule has 0 saturated carbocycles. The molecule has 2 aromatic carbocycles. The molecule has 4 aromatic rings. The summed E-state index contributed by atoms with van der Waals surface area (Å²) in [5, 5.41) is 16.1. The summed E-state index contributed by atoms with van der Waals surface area (Å²) in [5.41, 5.74) is 3.13. The molecule has 4 rings (SSSR count). The van der Waals surface area contributed by atoms with Gasteiger partial charge in [0, 0.05) is 29.5 Å². The summed E-state index contributed by atoms with van der Waals surface area (Å²) < 4.78 is 6.99. The van der Waals surface area contributed by atoms with Gasteiger partial charge in [0.25, 0.3) is 0 Å². The first-order valence-corrected chi connectivity index (χ1v) is 10.5. The molecule has 7 nitrogen and oxygen atoms in total. The molecule has 0 aliphatic heterocycles. The number of carbonyl (C=O) groups is 1. The smallest absolute Gasteiger partial charge is 0.226 e. The lowest BCUT2D eigenvalue weighted by Crippen LogP contribution is -2.12. The predicted molar refractivity (Wildman–Crippen MR) is 117 cm³/mol. The number of aryl methyl sites for hydroxylation is 2. The number of carbonyl (C=O) groups excluding carboxylic acids is 1. The standard InChI is InChI=1S/C22H21N5O2S/c1-15-7-6-8-17(13-15)21-24-25-22(27(21)18-9-4-3-5-10-18)30-12-11-20(28)23-19-14-16(2)29-26-19/h3-10,13-14H,11-12H2,1-2H3,(H,23,26,28). The van der Waals surface area contributed by atoms with Crippen LogP contribution in [0.4, 0.5) is 5.82 Å². The molecule has 1 N–H and O–H groups in total. The summed E-state index contributed by atoms with van der Waals surface area (Å²) in [6.07, 6.45) is 0.317. The van der Waals surface area contributed by atoms with Crippen molar-refractivity contribution in [3.8, 4) is 17.1 Å². The van der Waals surface area contributed by atoms with Crippen molar-refractivity contribution in [3.63, 3.8) is 0 Å². The van der Waals surface area contributed by atoms with Crippen LogP contribution in [0.1, 0.15) is 17.7 Å². The van der Waals surface area contributed by atoms with Crippen LogP contribution in [0.15, 0.2) is 70.3 Å². The van der Waals surface area contributed by atoms with E-state index in [1.54, 1.807) is 13.0 Å². The average Bonchev–Trinajstić information content (AvgIpc) is 3.35. The highest BCUT2D eigenvalue weighted by Crippen LogP contribution is 2.28. The lowest BCUT2D eigenvalue weighted by atomic mass is 10.1. The molecule has 0 atom stereocenters. The normalized spacial score (nSPS) is 10.9. The van der Waals surface area contributed by atoms with Crippen LogP contribution < -0.4 is 5.32 Å². The number of nitrogens with one attached hydrogen (secondary N) is 1. The summed E-state index contributed by atoms with van der Waals surface area (Å²) in [6, 6.07) is 19.8. The maximum absolute atomic E-state index is 12.2. The van der Waals surface area contributed by atoms with E-state index in [1.165, 1.54) is 11.8 Å². The fourth-order valence-electron chi connectivity index (χ4n) is 3.01. The van der Waals surface area contributed by atoms with E-state index in [2.05, 4.69) is 39.7 Å². The van der Waals surface area contributed by atoms with Crippen molar-refractivity contribution in [1.29, 1.82) is 0 Å². The molecule has 0 radical (unpaired) electrons. The molecule has 1 amide bonds. The van der Waals surface area contributed by atoms with E-state index >= 15 is 0 Å². The van der Waals surface area contributed by atoms with Crippen molar-refractivity contribution in [2.24, 2.45) is 0 Å². The summed E-state index contributed by atoms with van der Waals surface area (Å²) in [7, 11) is 0. The van der Waals surface area contributed by atoms with Gasteiger partial charge in [0.1, 0.15) is 5.76 Å². The lowest BCUT2D eigenvalue weighted by molar-refractivity contribution is -0.115. The molecule has 0 fully saturated rings. The molecule has 2 aromatic heterocycles. The molecule has 30 heavy (non-hydrogen) atoms. The van der Waals surface area contributed by atoms with Crippen LogP contribution in [0.2, 0.25) is 0 Å². The molecule has 0 bridgehead atoms. The molecule has 0 unspecified atom stereocenters. The van der Waals surface area contributed by atoms with Crippen LogP contribution in [0.5, 0.6) is 0 Å². The van der Waals surface area contributed by atoms with Gasteiger partial charge in [-0.25, -0.2) is 0 Å².